The van der Waals surface area contributed by atoms with Gasteiger partial charge in [0.15, 0.2) is 0 Å². The van der Waals surface area contributed by atoms with Gasteiger partial charge in [-0.3, -0.25) is 4.68 Å². The first kappa shape index (κ1) is 12.6. The maximum Gasteiger partial charge on any atom is 0.138 e. The van der Waals surface area contributed by atoms with E-state index in [1.807, 2.05) is 17.8 Å². The smallest absolute Gasteiger partial charge is 0.138 e. The lowest BCUT2D eigenvalue weighted by atomic mass is 10.1. The van der Waals surface area contributed by atoms with Gasteiger partial charge in [-0.25, -0.2) is 15.0 Å². The maximum atomic E-state index is 4.32. The Kier molecular flexibility index (Phi) is 4.35. The fraction of sp³-hybridized carbons (Fsp3) is 0.500. The average molecular weight is 246 g/mol. The van der Waals surface area contributed by atoms with E-state index in [0.29, 0.717) is 0 Å². The number of hydrogen-bond donors (Lipinski definition) is 1. The predicted octanol–water partition coefficient (Wildman–Crippen LogP) is 0.981. The Balaban J connectivity index is 2.13. The fourth-order valence-corrected chi connectivity index (χ4v) is 1.89. The number of likely N-dealkylation sites (N-methyl/N-ethyl adjacent to an activating group) is 1. The Bertz CT molecular complexity index is 466. The van der Waals surface area contributed by atoms with Gasteiger partial charge < -0.3 is 5.32 Å². The molecule has 1 atom stereocenters. The van der Waals surface area contributed by atoms with Gasteiger partial charge >= 0.3 is 0 Å². The Morgan fingerprint density at radius 2 is 2.22 bits per heavy atom. The van der Waals surface area contributed by atoms with Crippen LogP contribution in [0.2, 0.25) is 0 Å². The van der Waals surface area contributed by atoms with Crippen molar-refractivity contribution >= 4 is 0 Å². The number of aryl methyl sites for hydroxylation is 1. The number of nitrogens with zero attached hydrogens (tertiary/aromatic N) is 5. The largest absolute Gasteiger partial charge is 0.311 e. The first-order valence-corrected chi connectivity index (χ1v) is 6.15. The SMILES string of the molecule is CCCn1ncnc1CC(NC)c1ccncn1. The first-order valence-electron chi connectivity index (χ1n) is 6.15. The van der Waals surface area contributed by atoms with Crippen LogP contribution in [0, 0.1) is 0 Å². The maximum absolute atomic E-state index is 4.32. The highest BCUT2D eigenvalue weighted by atomic mass is 15.3. The zero-order chi connectivity index (χ0) is 12.8. The summed E-state index contributed by atoms with van der Waals surface area (Å²) in [5, 5.41) is 7.49. The highest BCUT2D eigenvalue weighted by Crippen LogP contribution is 2.14. The van der Waals surface area contributed by atoms with Crippen molar-refractivity contribution < 1.29 is 0 Å². The summed E-state index contributed by atoms with van der Waals surface area (Å²) in [6.07, 6.45) is 6.75. The van der Waals surface area contributed by atoms with Gasteiger partial charge in [0.25, 0.3) is 0 Å². The summed E-state index contributed by atoms with van der Waals surface area (Å²) in [7, 11) is 1.92. The normalized spacial score (nSPS) is 12.6. The molecule has 0 bridgehead atoms. The van der Waals surface area contributed by atoms with Gasteiger partial charge in [0, 0.05) is 19.2 Å². The zero-order valence-corrected chi connectivity index (χ0v) is 10.7. The molecule has 0 aliphatic rings. The molecule has 6 heteroatoms. The molecule has 0 spiro atoms. The van der Waals surface area contributed by atoms with Crippen molar-refractivity contribution in [3.63, 3.8) is 0 Å². The van der Waals surface area contributed by atoms with Gasteiger partial charge in [0.1, 0.15) is 18.5 Å². The van der Waals surface area contributed by atoms with E-state index >= 15 is 0 Å². The van der Waals surface area contributed by atoms with Crippen LogP contribution in [0.15, 0.2) is 24.9 Å². The Morgan fingerprint density at radius 1 is 1.33 bits per heavy atom. The number of rotatable bonds is 6. The molecule has 0 saturated carbocycles. The van der Waals surface area contributed by atoms with E-state index in [4.69, 9.17) is 0 Å². The predicted molar refractivity (Wildman–Crippen MR) is 67.8 cm³/mol. The minimum absolute atomic E-state index is 0.132. The van der Waals surface area contributed by atoms with E-state index in [9.17, 15) is 0 Å². The standard InChI is InChI=1S/C12H18N6/c1-3-6-18-12(16-9-17-18)7-11(13-2)10-4-5-14-8-15-10/h4-5,8-9,11,13H,3,6-7H2,1-2H3. The van der Waals surface area contributed by atoms with E-state index in [0.717, 1.165) is 30.9 Å². The number of aromatic nitrogens is 5. The third kappa shape index (κ3) is 2.89. The van der Waals surface area contributed by atoms with Crippen molar-refractivity contribution in [2.75, 3.05) is 7.05 Å². The molecule has 0 fully saturated rings. The molecule has 0 aliphatic carbocycles. The Hall–Kier alpha value is -1.82. The molecule has 0 amide bonds. The van der Waals surface area contributed by atoms with E-state index in [-0.39, 0.29) is 6.04 Å². The van der Waals surface area contributed by atoms with E-state index in [1.165, 1.54) is 0 Å². The quantitative estimate of drug-likeness (QED) is 0.823. The van der Waals surface area contributed by atoms with Crippen molar-refractivity contribution in [1.82, 2.24) is 30.0 Å². The van der Waals surface area contributed by atoms with Crippen molar-refractivity contribution in [3.8, 4) is 0 Å². The molecule has 18 heavy (non-hydrogen) atoms. The van der Waals surface area contributed by atoms with Crippen molar-refractivity contribution in [2.45, 2.75) is 32.4 Å². The van der Waals surface area contributed by atoms with Crippen LogP contribution in [-0.2, 0) is 13.0 Å². The Labute approximate surface area is 106 Å². The number of nitrogens with one attached hydrogen (secondary N) is 1. The van der Waals surface area contributed by atoms with Crippen molar-refractivity contribution in [3.05, 3.63) is 36.4 Å². The molecule has 96 valence electrons. The van der Waals surface area contributed by atoms with Gasteiger partial charge in [0.2, 0.25) is 0 Å². The summed E-state index contributed by atoms with van der Waals surface area (Å²) < 4.78 is 1.95. The molecule has 1 unspecified atom stereocenters. The average Bonchev–Trinajstić information content (AvgIpc) is 2.85. The van der Waals surface area contributed by atoms with Gasteiger partial charge in [-0.2, -0.15) is 5.10 Å². The molecule has 1 N–H and O–H groups in total. The van der Waals surface area contributed by atoms with Crippen LogP contribution in [0.3, 0.4) is 0 Å². The van der Waals surface area contributed by atoms with Gasteiger partial charge in [-0.05, 0) is 19.5 Å². The van der Waals surface area contributed by atoms with Crippen LogP contribution in [0.1, 0.15) is 30.9 Å². The highest BCUT2D eigenvalue weighted by Gasteiger charge is 2.14. The third-order valence-corrected chi connectivity index (χ3v) is 2.83. The molecular formula is C12H18N6. The molecule has 6 nitrogen and oxygen atoms in total. The van der Waals surface area contributed by atoms with Crippen molar-refractivity contribution in [1.29, 1.82) is 0 Å². The topological polar surface area (TPSA) is 68.5 Å². The highest BCUT2D eigenvalue weighted by molar-refractivity contribution is 5.07. The Morgan fingerprint density at radius 3 is 2.89 bits per heavy atom. The van der Waals surface area contributed by atoms with E-state index in [1.54, 1.807) is 18.9 Å². The summed E-state index contributed by atoms with van der Waals surface area (Å²) >= 11 is 0. The lowest BCUT2D eigenvalue weighted by Gasteiger charge is -2.15. The summed E-state index contributed by atoms with van der Waals surface area (Å²) in [4.78, 5) is 12.5. The molecule has 0 radical (unpaired) electrons. The van der Waals surface area contributed by atoms with E-state index < -0.39 is 0 Å². The van der Waals surface area contributed by atoms with Gasteiger partial charge in [-0.1, -0.05) is 6.92 Å². The zero-order valence-electron chi connectivity index (χ0n) is 10.7. The van der Waals surface area contributed by atoms with Crippen LogP contribution in [-0.4, -0.2) is 31.8 Å². The lowest BCUT2D eigenvalue weighted by molar-refractivity contribution is 0.509. The molecular weight excluding hydrogens is 228 g/mol. The molecule has 2 aromatic heterocycles. The summed E-state index contributed by atoms with van der Waals surface area (Å²) in [5.41, 5.74) is 0.971. The molecule has 2 aromatic rings. The van der Waals surface area contributed by atoms with Crippen LogP contribution in [0.4, 0.5) is 0 Å². The van der Waals surface area contributed by atoms with Crippen LogP contribution in [0.5, 0.6) is 0 Å². The second kappa shape index (κ2) is 6.20. The second-order valence-corrected chi connectivity index (χ2v) is 4.08. The molecule has 0 aromatic carbocycles. The van der Waals surface area contributed by atoms with E-state index in [2.05, 4.69) is 32.3 Å². The minimum Gasteiger partial charge on any atom is -0.311 e. The lowest BCUT2D eigenvalue weighted by Crippen LogP contribution is -2.22. The fourth-order valence-electron chi connectivity index (χ4n) is 1.89. The van der Waals surface area contributed by atoms with Gasteiger partial charge in [0.05, 0.1) is 11.7 Å². The molecule has 2 rings (SSSR count). The van der Waals surface area contributed by atoms with Crippen LogP contribution < -0.4 is 5.32 Å². The minimum atomic E-state index is 0.132. The summed E-state index contributed by atoms with van der Waals surface area (Å²) in [6, 6.07) is 2.05. The van der Waals surface area contributed by atoms with Crippen LogP contribution >= 0.6 is 0 Å². The van der Waals surface area contributed by atoms with Crippen molar-refractivity contribution in [2.24, 2.45) is 0 Å². The second-order valence-electron chi connectivity index (χ2n) is 4.08. The number of hydrogen-bond acceptors (Lipinski definition) is 5. The summed E-state index contributed by atoms with van der Waals surface area (Å²) in [6.45, 7) is 3.03. The molecule has 0 aliphatic heterocycles. The molecule has 2 heterocycles. The summed E-state index contributed by atoms with van der Waals surface area (Å²) in [5.74, 6) is 0.981. The molecule has 0 saturated heterocycles. The van der Waals surface area contributed by atoms with Crippen LogP contribution in [0.25, 0.3) is 0 Å². The monoisotopic (exact) mass is 246 g/mol. The van der Waals surface area contributed by atoms with Gasteiger partial charge in [-0.15, -0.1) is 0 Å². The third-order valence-electron chi connectivity index (χ3n) is 2.83. The first-order chi connectivity index (χ1) is 8.85.